The molecule has 0 unspecified atom stereocenters. The summed E-state index contributed by atoms with van der Waals surface area (Å²) in [6.45, 7) is 1.13. The third-order valence-electron chi connectivity index (χ3n) is 3.67. The third kappa shape index (κ3) is 6.54. The number of carbonyl (C=O) groups excluding carboxylic acids is 1. The number of anilines is 2. The molecule has 0 aliphatic carbocycles. The van der Waals surface area contributed by atoms with Crippen molar-refractivity contribution in [2.45, 2.75) is 13.0 Å². The van der Waals surface area contributed by atoms with Crippen LogP contribution in [0.4, 0.5) is 11.4 Å². The second-order valence-electron chi connectivity index (χ2n) is 6.22. The molecule has 0 saturated carbocycles. The van der Waals surface area contributed by atoms with E-state index in [1.54, 1.807) is 30.3 Å². The summed E-state index contributed by atoms with van der Waals surface area (Å²) in [6, 6.07) is 14.7. The van der Waals surface area contributed by atoms with Crippen LogP contribution in [0.5, 0.6) is 0 Å². The molecule has 0 saturated heterocycles. The van der Waals surface area contributed by atoms with Gasteiger partial charge < -0.3 is 4.74 Å². The lowest BCUT2D eigenvalue weighted by Gasteiger charge is -2.27. The van der Waals surface area contributed by atoms with Crippen LogP contribution in [-0.4, -0.2) is 41.9 Å². The van der Waals surface area contributed by atoms with Gasteiger partial charge in [-0.25, -0.2) is 16.8 Å². The number of benzene rings is 2. The Balaban J connectivity index is 2.36. The fourth-order valence-electron chi connectivity index (χ4n) is 2.57. The highest BCUT2D eigenvalue weighted by atomic mass is 32.2. The first-order chi connectivity index (χ1) is 13.0. The molecule has 8 nitrogen and oxygen atoms in total. The number of rotatable bonds is 8. The lowest BCUT2D eigenvalue weighted by Crippen LogP contribution is -2.35. The van der Waals surface area contributed by atoms with Crippen LogP contribution in [0.1, 0.15) is 18.6 Å². The van der Waals surface area contributed by atoms with Gasteiger partial charge >= 0.3 is 5.97 Å². The zero-order valence-electron chi connectivity index (χ0n) is 15.7. The van der Waals surface area contributed by atoms with E-state index in [9.17, 15) is 21.6 Å². The second kappa shape index (κ2) is 8.61. The molecule has 0 radical (unpaired) electrons. The van der Waals surface area contributed by atoms with Crippen LogP contribution in [0.15, 0.2) is 54.6 Å². The van der Waals surface area contributed by atoms with Crippen molar-refractivity contribution in [3.05, 3.63) is 60.2 Å². The molecule has 0 amide bonds. The standard InChI is InChI=1S/C18H22N2O6S2/c1-14(21)26-18(15-7-5-4-6-8-15)13-20(28(3,24)25)17-11-9-16(10-12-17)19-27(2,22)23/h4-12,18-19H,13H2,1-3H3/t18-/m0/s1. The molecule has 0 bridgehead atoms. The predicted octanol–water partition coefficient (Wildman–Crippen LogP) is 2.13. The van der Waals surface area contributed by atoms with Gasteiger partial charge in [-0.3, -0.25) is 13.8 Å². The Morgan fingerprint density at radius 3 is 2.04 bits per heavy atom. The maximum absolute atomic E-state index is 12.4. The number of hydrogen-bond acceptors (Lipinski definition) is 6. The fourth-order valence-corrected chi connectivity index (χ4v) is 4.05. The first-order valence-corrected chi connectivity index (χ1v) is 12.0. The molecule has 0 fully saturated rings. The minimum absolute atomic E-state index is 0.124. The molecule has 0 spiro atoms. The van der Waals surface area contributed by atoms with Crippen molar-refractivity contribution in [2.24, 2.45) is 0 Å². The molecule has 0 heterocycles. The molecule has 152 valence electrons. The molecular weight excluding hydrogens is 404 g/mol. The summed E-state index contributed by atoms with van der Waals surface area (Å²) in [6.07, 6.45) is 1.26. The number of nitrogens with one attached hydrogen (secondary N) is 1. The Hall–Kier alpha value is -2.59. The van der Waals surface area contributed by atoms with E-state index in [2.05, 4.69) is 4.72 Å². The van der Waals surface area contributed by atoms with Gasteiger partial charge in [0.1, 0.15) is 6.10 Å². The lowest BCUT2D eigenvalue weighted by molar-refractivity contribution is -0.146. The second-order valence-corrected chi connectivity index (χ2v) is 9.88. The molecule has 1 N–H and O–H groups in total. The van der Waals surface area contributed by atoms with E-state index >= 15 is 0 Å². The zero-order valence-corrected chi connectivity index (χ0v) is 17.3. The van der Waals surface area contributed by atoms with Crippen molar-refractivity contribution < 1.29 is 26.4 Å². The minimum atomic E-state index is -3.70. The van der Waals surface area contributed by atoms with Crippen LogP contribution < -0.4 is 9.03 Å². The zero-order chi connectivity index (χ0) is 20.9. The average Bonchev–Trinajstić information content (AvgIpc) is 2.57. The summed E-state index contributed by atoms with van der Waals surface area (Å²) in [5, 5.41) is 0. The topological polar surface area (TPSA) is 110 Å². The summed E-state index contributed by atoms with van der Waals surface area (Å²) in [5.41, 5.74) is 1.27. The van der Waals surface area contributed by atoms with Gasteiger partial charge in [0.25, 0.3) is 0 Å². The first-order valence-electron chi connectivity index (χ1n) is 8.23. The smallest absolute Gasteiger partial charge is 0.303 e. The lowest BCUT2D eigenvalue weighted by atomic mass is 10.1. The SMILES string of the molecule is CC(=O)O[C@@H](CN(c1ccc(NS(C)(=O)=O)cc1)S(C)(=O)=O)c1ccccc1. The maximum Gasteiger partial charge on any atom is 0.303 e. The van der Waals surface area contributed by atoms with Crippen molar-refractivity contribution in [2.75, 3.05) is 28.1 Å². The summed E-state index contributed by atoms with van der Waals surface area (Å²) in [4.78, 5) is 11.5. The van der Waals surface area contributed by atoms with E-state index < -0.39 is 32.1 Å². The number of esters is 1. The van der Waals surface area contributed by atoms with Crippen LogP contribution in [0.25, 0.3) is 0 Å². The number of nitrogens with zero attached hydrogens (tertiary/aromatic N) is 1. The van der Waals surface area contributed by atoms with Crippen LogP contribution >= 0.6 is 0 Å². The number of carbonyl (C=O) groups is 1. The Bertz CT molecular complexity index is 1020. The molecule has 0 aromatic heterocycles. The van der Waals surface area contributed by atoms with E-state index in [1.807, 2.05) is 0 Å². The van der Waals surface area contributed by atoms with Gasteiger partial charge in [-0.15, -0.1) is 0 Å². The van der Waals surface area contributed by atoms with E-state index in [0.29, 0.717) is 16.9 Å². The maximum atomic E-state index is 12.4. The van der Waals surface area contributed by atoms with Crippen molar-refractivity contribution in [3.63, 3.8) is 0 Å². The van der Waals surface area contributed by atoms with E-state index in [-0.39, 0.29) is 6.54 Å². The molecule has 28 heavy (non-hydrogen) atoms. The fraction of sp³-hybridized carbons (Fsp3) is 0.278. The van der Waals surface area contributed by atoms with Gasteiger partial charge in [0.05, 0.1) is 24.7 Å². The molecule has 0 aliphatic heterocycles. The van der Waals surface area contributed by atoms with E-state index in [4.69, 9.17) is 4.74 Å². The van der Waals surface area contributed by atoms with Crippen LogP contribution in [0, 0.1) is 0 Å². The molecule has 0 aliphatic rings. The van der Waals surface area contributed by atoms with Crippen molar-refractivity contribution >= 4 is 37.4 Å². The molecule has 10 heteroatoms. The molecule has 2 aromatic carbocycles. The molecule has 1 atom stereocenters. The van der Waals surface area contributed by atoms with Crippen molar-refractivity contribution in [1.82, 2.24) is 0 Å². The van der Waals surface area contributed by atoms with Gasteiger partial charge in [0, 0.05) is 12.6 Å². The summed E-state index contributed by atoms with van der Waals surface area (Å²) >= 11 is 0. The number of ether oxygens (including phenoxy) is 1. The Kier molecular flexibility index (Phi) is 6.68. The van der Waals surface area contributed by atoms with E-state index in [0.717, 1.165) is 16.8 Å². The molecule has 2 aromatic rings. The highest BCUT2D eigenvalue weighted by molar-refractivity contribution is 7.92. The summed E-state index contributed by atoms with van der Waals surface area (Å²) in [5.74, 6) is -0.532. The highest BCUT2D eigenvalue weighted by Crippen LogP contribution is 2.26. The highest BCUT2D eigenvalue weighted by Gasteiger charge is 2.25. The van der Waals surface area contributed by atoms with Crippen LogP contribution in [0.3, 0.4) is 0 Å². The summed E-state index contributed by atoms with van der Waals surface area (Å²) in [7, 11) is -7.15. The van der Waals surface area contributed by atoms with Gasteiger partial charge in [0.2, 0.25) is 20.0 Å². The monoisotopic (exact) mass is 426 g/mol. The quantitative estimate of drug-likeness (QED) is 0.648. The minimum Gasteiger partial charge on any atom is -0.456 e. The summed E-state index contributed by atoms with van der Waals surface area (Å²) < 4.78 is 56.1. The average molecular weight is 427 g/mol. The molecule has 2 rings (SSSR count). The first kappa shape index (κ1) is 21.7. The van der Waals surface area contributed by atoms with Gasteiger partial charge in [-0.2, -0.15) is 0 Å². The van der Waals surface area contributed by atoms with Gasteiger partial charge in [-0.1, -0.05) is 30.3 Å². The van der Waals surface area contributed by atoms with E-state index in [1.165, 1.54) is 31.2 Å². The molecular formula is C18H22N2O6S2. The Morgan fingerprint density at radius 2 is 1.57 bits per heavy atom. The van der Waals surface area contributed by atoms with Crippen LogP contribution in [-0.2, 0) is 29.6 Å². The Morgan fingerprint density at radius 1 is 1.00 bits per heavy atom. The number of hydrogen-bond donors (Lipinski definition) is 1. The van der Waals surface area contributed by atoms with Crippen molar-refractivity contribution in [3.8, 4) is 0 Å². The predicted molar refractivity (Wildman–Crippen MR) is 108 cm³/mol. The normalized spacial score (nSPS) is 12.8. The van der Waals surface area contributed by atoms with Crippen LogP contribution in [0.2, 0.25) is 0 Å². The largest absolute Gasteiger partial charge is 0.456 e. The van der Waals surface area contributed by atoms with Gasteiger partial charge in [0.15, 0.2) is 0 Å². The number of sulfonamides is 2. The van der Waals surface area contributed by atoms with Gasteiger partial charge in [-0.05, 0) is 29.8 Å². The van der Waals surface area contributed by atoms with Crippen molar-refractivity contribution in [1.29, 1.82) is 0 Å². The Labute approximate surface area is 165 Å². The third-order valence-corrected chi connectivity index (χ3v) is 5.44.